The van der Waals surface area contributed by atoms with Crippen molar-refractivity contribution in [3.63, 3.8) is 0 Å². The van der Waals surface area contributed by atoms with Gasteiger partial charge in [-0.25, -0.2) is 19.2 Å². The molecule has 31 heteroatoms. The average Bonchev–Trinajstić information content (AvgIpc) is 0.838. The number of hydrogen-bond acceptors (Lipinski definition) is 19. The Morgan fingerprint density at radius 2 is 0.882 bits per heavy atom. The summed E-state index contributed by atoms with van der Waals surface area (Å²) in [4.78, 5) is 87.8. The number of benzene rings is 9. The number of ether oxygens (including phenoxy) is 6. The van der Waals surface area contributed by atoms with Crippen molar-refractivity contribution in [2.24, 2.45) is 0 Å². The first-order chi connectivity index (χ1) is 50.6. The number of carbonyl (C=O) groups excluding carboxylic acids is 7. The van der Waals surface area contributed by atoms with Crippen LogP contribution in [0.3, 0.4) is 0 Å². The van der Waals surface area contributed by atoms with Crippen LogP contribution >= 0.6 is 46.4 Å². The van der Waals surface area contributed by atoms with Crippen molar-refractivity contribution in [3.05, 3.63) is 311 Å². The minimum atomic E-state index is -4.02. The van der Waals surface area contributed by atoms with Crippen molar-refractivity contribution < 1.29 is 147 Å². The number of halogens is 5. The number of aromatic carboxylic acids is 1. The molecule has 0 radical (unpaired) electrons. The van der Waals surface area contributed by atoms with E-state index in [1.807, 2.05) is 61.5 Å². The van der Waals surface area contributed by atoms with E-state index in [2.05, 4.69) is 30.9 Å². The minimum absolute atomic E-state index is 0. The molecule has 0 heterocycles. The summed E-state index contributed by atoms with van der Waals surface area (Å²) in [6.07, 6.45) is -0.233. The average molecular weight is 1700 g/mol. The van der Waals surface area contributed by atoms with Gasteiger partial charge in [0.05, 0.1) is 68.8 Å². The first-order valence-electron chi connectivity index (χ1n) is 31.9. The summed E-state index contributed by atoms with van der Waals surface area (Å²) >= 11 is 23.6. The number of carboxylic acid groups (broad SMARTS) is 1. The number of aliphatic hydroxyl groups is 2. The van der Waals surface area contributed by atoms with Crippen LogP contribution in [-0.4, -0.2) is 166 Å². The number of aryl methyl sites for hydroxylation is 1. The quantitative estimate of drug-likeness (QED) is 0.00673. The van der Waals surface area contributed by atoms with Crippen LogP contribution in [0.2, 0.25) is 20.1 Å². The van der Waals surface area contributed by atoms with E-state index in [1.54, 1.807) is 140 Å². The number of amides is 2. The second kappa shape index (κ2) is 58.0. The maximum absolute atomic E-state index is 11.8. The second-order valence-corrected chi connectivity index (χ2v) is 25.0. The van der Waals surface area contributed by atoms with Gasteiger partial charge in [0.25, 0.3) is 10.1 Å². The number of carbonyl (C=O) groups is 8. The van der Waals surface area contributed by atoms with E-state index >= 15 is 0 Å². The Labute approximate surface area is 708 Å². The summed E-state index contributed by atoms with van der Waals surface area (Å²) in [6.45, 7) is 6.14. The molecule has 0 aliphatic rings. The molecule has 0 aromatic heterocycles. The molecule has 3 unspecified atom stereocenters. The summed E-state index contributed by atoms with van der Waals surface area (Å²) < 4.78 is 59.6. The second-order valence-electron chi connectivity index (χ2n) is 21.8. The number of hydrogen-bond donors (Lipinski definition) is 6. The Balaban J connectivity index is 0. The summed E-state index contributed by atoms with van der Waals surface area (Å²) in [5.74, 6) is -2.79. The van der Waals surface area contributed by atoms with Crippen LogP contribution in [0.4, 0.5) is 0 Å². The third-order valence-corrected chi connectivity index (χ3v) is 15.7. The summed E-state index contributed by atoms with van der Waals surface area (Å²) in [6, 6.07) is 64.2. The van der Waals surface area contributed by atoms with Gasteiger partial charge < -0.3 is 76.8 Å². The molecule has 23 nitrogen and oxygen atoms in total. The summed E-state index contributed by atoms with van der Waals surface area (Å²) in [5, 5.41) is 35.5. The van der Waals surface area contributed by atoms with E-state index in [0.29, 0.717) is 92.8 Å². The van der Waals surface area contributed by atoms with Gasteiger partial charge in [-0.1, -0.05) is 142 Å². The van der Waals surface area contributed by atoms with Crippen molar-refractivity contribution >= 4 is 128 Å². The number of carboxylic acids is 1. The standard InChI is InChI=1S/C19H20ClNO4.C18H18ClNO4.C15H13ClO3.C9H8O3.C7H8O3S.C6H4Cl.C5H10O3.BrH.Mg.Na.H2O/c1-13(22)21-9-10-25-18(15-6-4-8-17(20)12-15)14-5-3-7-16(11-14)19(23)24-2;1-12(21)20-8-9-24-17(14-5-3-7-16(19)11-14)13-4-2-6-15(10-13)18(22)23;1-19-15(18)12-6-2-4-10(8-12)14(17)11-5-3-7-13(16)9-11;1-12-9(11)8-4-2-3-7(5-8)6-10;1-6-2-4-7(5-3-6)11(8,9)10;7-6-4-2-1-3-5-6;1-8-5(7)3-2-4-6;;;;/h3-8,11-12,18H,9-10H2,1-2H3,(H,21,22);2-7,10-11,17H,8-9H2,1H3,(H,20,21)(H,22,23);2-9,14,17H,1H3;2-6H,1H3;2-5H,1H3,(H,8,9,10);1-2,4-5H;6H,2-4H2,1H3;1H;;;1H2/q;;;;;-1;;;+2;+1;/p-2. The van der Waals surface area contributed by atoms with Crippen molar-refractivity contribution in [1.29, 1.82) is 0 Å². The Morgan fingerprint density at radius 3 is 1.24 bits per heavy atom. The van der Waals surface area contributed by atoms with Gasteiger partial charge in [0.2, 0.25) is 11.8 Å². The van der Waals surface area contributed by atoms with Gasteiger partial charge in [0.1, 0.15) is 24.6 Å². The molecule has 0 saturated heterocycles. The fourth-order valence-corrected chi connectivity index (χ4v) is 10.00. The minimum Gasteiger partial charge on any atom is -1.00 e. The van der Waals surface area contributed by atoms with Crippen molar-refractivity contribution in [2.75, 3.05) is 61.3 Å². The third-order valence-electron chi connectivity index (χ3n) is 13.9. The molecule has 0 spiro atoms. The molecule has 3 atom stereocenters. The van der Waals surface area contributed by atoms with Crippen LogP contribution < -0.4 is 57.2 Å². The largest absolute Gasteiger partial charge is 2.00 e. The molecule has 9 aromatic carbocycles. The number of nitrogens with one attached hydrogen (secondary N) is 2. The maximum atomic E-state index is 11.8. The third kappa shape index (κ3) is 41.4. The van der Waals surface area contributed by atoms with Gasteiger partial charge in [-0.2, -0.15) is 50.4 Å². The van der Waals surface area contributed by atoms with Crippen molar-refractivity contribution in [1.82, 2.24) is 10.6 Å². The summed E-state index contributed by atoms with van der Waals surface area (Å²) in [7, 11) is 1.28. The number of esters is 4. The van der Waals surface area contributed by atoms with Crippen LogP contribution in [0, 0.1) is 13.0 Å². The maximum Gasteiger partial charge on any atom is 2.00 e. The van der Waals surface area contributed by atoms with E-state index in [9.17, 15) is 57.0 Å². The van der Waals surface area contributed by atoms with Gasteiger partial charge in [-0.15, -0.1) is 0 Å². The van der Waals surface area contributed by atoms with Gasteiger partial charge in [-0.3, -0.25) is 23.7 Å². The Bertz CT molecular complexity index is 4410. The molecule has 7 N–H and O–H groups in total. The fourth-order valence-electron chi connectivity index (χ4n) is 8.78. The topological polar surface area (TPSA) is 361 Å². The predicted octanol–water partition coefficient (Wildman–Crippen LogP) is 7.91. The van der Waals surface area contributed by atoms with Crippen molar-refractivity contribution in [3.8, 4) is 0 Å². The normalized spacial score (nSPS) is 10.6. The zero-order valence-corrected chi connectivity index (χ0v) is 70.2. The Hall–Kier alpha value is -7.94. The van der Waals surface area contributed by atoms with Gasteiger partial charge in [-0.05, 0) is 144 Å². The number of methoxy groups -OCH3 is 4. The van der Waals surface area contributed by atoms with Gasteiger partial charge >= 0.3 is 82.5 Å². The van der Waals surface area contributed by atoms with E-state index in [-0.39, 0.29) is 117 Å². The number of aldehydes is 1. The van der Waals surface area contributed by atoms with Crippen LogP contribution in [-0.2, 0) is 52.9 Å². The molecule has 0 aliphatic heterocycles. The van der Waals surface area contributed by atoms with Crippen LogP contribution in [0.5, 0.6) is 0 Å². The molecular weight excluding hydrogens is 1610 g/mol. The molecule has 0 aliphatic carbocycles. The van der Waals surface area contributed by atoms with Crippen molar-refractivity contribution in [2.45, 2.75) is 56.8 Å². The van der Waals surface area contributed by atoms with Crippen LogP contribution in [0.1, 0.15) is 136 Å². The Kier molecular flexibility index (Phi) is 54.9. The summed E-state index contributed by atoms with van der Waals surface area (Å²) in [5.41, 5.74) is 7.32. The molecule has 578 valence electrons. The first kappa shape index (κ1) is 104. The number of rotatable bonds is 23. The van der Waals surface area contributed by atoms with Crippen LogP contribution in [0.25, 0.3) is 0 Å². The Morgan fingerprint density at radius 1 is 0.518 bits per heavy atom. The van der Waals surface area contributed by atoms with E-state index in [0.717, 1.165) is 27.3 Å². The molecule has 2 amide bonds. The predicted molar refractivity (Wildman–Crippen MR) is 411 cm³/mol. The van der Waals surface area contributed by atoms with E-state index in [4.69, 9.17) is 70.3 Å². The molecule has 110 heavy (non-hydrogen) atoms. The monoisotopic (exact) mass is 1690 g/mol. The molecule has 0 bridgehead atoms. The molecule has 0 saturated carbocycles. The molecule has 0 fully saturated rings. The van der Waals surface area contributed by atoms with Gasteiger partial charge in [0, 0.05) is 60.6 Å². The molecule has 9 aromatic rings. The fraction of sp³-hybridized carbons (Fsp3) is 0.215. The SMILES string of the molecule is CC(=O)NCCOC(c1cccc(Cl)c1)c1cccc(C(=O)O)c1.COC(=O)CCCO.COC(=O)c1cccc(C(O)c2cccc(Cl)c2)c1.COC(=O)c1cccc(C(OCCNC(C)=O)c2cccc(Cl)c2)c1.COC(=O)c1cccc(C=O)c1.Cc1ccc(S(=O)(=O)O)cc1.Clc1c[c-]ccc1.[Br-].[Mg+2].[Na+].[OH-]. The first-order valence-corrected chi connectivity index (χ1v) is 34.9. The molecule has 9 rings (SSSR count). The molecular formula is C79H82BrCl4MgN2NaO21S. The smallest absolute Gasteiger partial charge is 1.00 e. The number of aliphatic hydroxyl groups excluding tert-OH is 2. The zero-order valence-electron chi connectivity index (χ0n) is 61.3. The zero-order chi connectivity index (χ0) is 78.6. The van der Waals surface area contributed by atoms with Crippen LogP contribution in [0.15, 0.2) is 223 Å². The van der Waals surface area contributed by atoms with E-state index < -0.39 is 52.3 Å². The van der Waals surface area contributed by atoms with E-state index in [1.165, 1.54) is 66.6 Å². The van der Waals surface area contributed by atoms with Gasteiger partial charge in [0.15, 0.2) is 0 Å².